The van der Waals surface area contributed by atoms with Gasteiger partial charge in [0, 0.05) is 11.8 Å². The van der Waals surface area contributed by atoms with Gasteiger partial charge in [-0.2, -0.15) is 0 Å². The maximum atomic E-state index is 9.44. The summed E-state index contributed by atoms with van der Waals surface area (Å²) in [6.45, 7) is 0. The molecule has 2 rings (SSSR count). The van der Waals surface area contributed by atoms with Crippen LogP contribution >= 0.6 is 0 Å². The summed E-state index contributed by atoms with van der Waals surface area (Å²) in [4.78, 5) is 0. The van der Waals surface area contributed by atoms with Gasteiger partial charge in [-0.3, -0.25) is 0 Å². The molecule has 0 aliphatic heterocycles. The minimum Gasteiger partial charge on any atom is -0.508 e. The Bertz CT molecular complexity index is 296. The molecule has 1 aromatic rings. The van der Waals surface area contributed by atoms with Gasteiger partial charge in [0.25, 0.3) is 0 Å². The van der Waals surface area contributed by atoms with Crippen LogP contribution < -0.4 is 5.73 Å². The number of hydrogen-bond acceptors (Lipinski definition) is 2. The minimum absolute atomic E-state index is 0.297. The number of rotatable bonds is 1. The summed E-state index contributed by atoms with van der Waals surface area (Å²) in [5.41, 5.74) is 7.59. The monoisotopic (exact) mass is 191 g/mol. The Morgan fingerprint density at radius 2 is 1.79 bits per heavy atom. The lowest BCUT2D eigenvalue weighted by atomic mass is 9.84. The first-order valence-corrected chi connectivity index (χ1v) is 5.35. The van der Waals surface area contributed by atoms with E-state index in [-0.39, 0.29) is 0 Å². The highest BCUT2D eigenvalue weighted by atomic mass is 16.3. The average Bonchev–Trinajstić information content (AvgIpc) is 2.18. The molecule has 1 fully saturated rings. The van der Waals surface area contributed by atoms with E-state index < -0.39 is 0 Å². The number of anilines is 1. The van der Waals surface area contributed by atoms with Crippen LogP contribution in [0.5, 0.6) is 5.75 Å². The summed E-state index contributed by atoms with van der Waals surface area (Å²) in [7, 11) is 0. The molecule has 0 saturated heterocycles. The molecule has 1 aliphatic carbocycles. The molecule has 0 unspecified atom stereocenters. The molecule has 1 saturated carbocycles. The minimum atomic E-state index is 0.297. The molecular weight excluding hydrogens is 174 g/mol. The van der Waals surface area contributed by atoms with E-state index in [1.807, 2.05) is 12.1 Å². The summed E-state index contributed by atoms with van der Waals surface area (Å²) >= 11 is 0. The Morgan fingerprint density at radius 1 is 1.07 bits per heavy atom. The van der Waals surface area contributed by atoms with Crippen LogP contribution in [0.3, 0.4) is 0 Å². The number of benzene rings is 1. The molecule has 76 valence electrons. The summed E-state index contributed by atoms with van der Waals surface area (Å²) in [6, 6.07) is 5.45. The van der Waals surface area contributed by atoms with Crippen LogP contribution in [0.4, 0.5) is 5.69 Å². The van der Waals surface area contributed by atoms with Crippen LogP contribution in [-0.2, 0) is 0 Å². The lowest BCUT2D eigenvalue weighted by molar-refractivity contribution is 0.438. The highest BCUT2D eigenvalue weighted by molar-refractivity contribution is 5.48. The highest BCUT2D eigenvalue weighted by Crippen LogP contribution is 2.34. The van der Waals surface area contributed by atoms with Crippen LogP contribution in [0.1, 0.15) is 43.6 Å². The molecule has 0 spiro atoms. The van der Waals surface area contributed by atoms with Gasteiger partial charge in [0.15, 0.2) is 0 Å². The number of nitrogen functional groups attached to an aromatic ring is 1. The number of nitrogens with two attached hydrogens (primary N) is 1. The molecule has 0 heterocycles. The zero-order chi connectivity index (χ0) is 9.97. The molecule has 0 amide bonds. The van der Waals surface area contributed by atoms with Gasteiger partial charge in [-0.15, -0.1) is 0 Å². The average molecular weight is 191 g/mol. The van der Waals surface area contributed by atoms with Gasteiger partial charge in [-0.1, -0.05) is 19.3 Å². The normalized spacial score (nSPS) is 18.3. The predicted molar refractivity (Wildman–Crippen MR) is 58.3 cm³/mol. The van der Waals surface area contributed by atoms with Crippen molar-refractivity contribution in [2.75, 3.05) is 5.73 Å². The SMILES string of the molecule is Nc1cc(O)cc(C2CCCCC2)c1. The third kappa shape index (κ3) is 2.00. The van der Waals surface area contributed by atoms with E-state index in [4.69, 9.17) is 5.73 Å². The number of phenols is 1. The molecule has 1 aliphatic rings. The van der Waals surface area contributed by atoms with Gasteiger partial charge >= 0.3 is 0 Å². The third-order valence-corrected chi connectivity index (χ3v) is 3.04. The summed E-state index contributed by atoms with van der Waals surface area (Å²) in [6.07, 6.45) is 6.44. The smallest absolute Gasteiger partial charge is 0.117 e. The highest BCUT2D eigenvalue weighted by Gasteiger charge is 2.16. The van der Waals surface area contributed by atoms with E-state index >= 15 is 0 Å². The van der Waals surface area contributed by atoms with E-state index in [2.05, 4.69) is 0 Å². The van der Waals surface area contributed by atoms with Crippen LogP contribution in [0.25, 0.3) is 0 Å². The van der Waals surface area contributed by atoms with Crippen molar-refractivity contribution < 1.29 is 5.11 Å². The molecule has 1 aromatic carbocycles. The van der Waals surface area contributed by atoms with E-state index in [9.17, 15) is 5.11 Å². The van der Waals surface area contributed by atoms with Gasteiger partial charge in [0.05, 0.1) is 0 Å². The van der Waals surface area contributed by atoms with Crippen molar-refractivity contribution in [1.29, 1.82) is 0 Å². The van der Waals surface area contributed by atoms with E-state index in [0.717, 1.165) is 0 Å². The molecule has 0 aromatic heterocycles. The second kappa shape index (κ2) is 3.91. The Balaban J connectivity index is 2.21. The van der Waals surface area contributed by atoms with Gasteiger partial charge in [-0.25, -0.2) is 0 Å². The molecule has 0 atom stereocenters. The van der Waals surface area contributed by atoms with Crippen LogP contribution in [0.2, 0.25) is 0 Å². The Kier molecular flexibility index (Phi) is 2.62. The molecular formula is C12H17NO. The molecule has 2 heteroatoms. The molecule has 2 nitrogen and oxygen atoms in total. The number of phenolic OH excluding ortho intramolecular Hbond substituents is 1. The second-order valence-electron chi connectivity index (χ2n) is 4.19. The Morgan fingerprint density at radius 3 is 2.43 bits per heavy atom. The zero-order valence-corrected chi connectivity index (χ0v) is 8.37. The van der Waals surface area contributed by atoms with Crippen molar-refractivity contribution in [1.82, 2.24) is 0 Å². The molecule has 3 N–H and O–H groups in total. The molecule has 0 bridgehead atoms. The summed E-state index contributed by atoms with van der Waals surface area (Å²) < 4.78 is 0. The first kappa shape index (κ1) is 9.38. The topological polar surface area (TPSA) is 46.2 Å². The fraction of sp³-hybridized carbons (Fsp3) is 0.500. The third-order valence-electron chi connectivity index (χ3n) is 3.04. The quantitative estimate of drug-likeness (QED) is 0.670. The Hall–Kier alpha value is -1.18. The standard InChI is InChI=1S/C12H17NO/c13-11-6-10(7-12(14)8-11)9-4-2-1-3-5-9/h6-9,14H,1-5,13H2. The van der Waals surface area contributed by atoms with Gasteiger partial charge in [0.1, 0.15) is 5.75 Å². The van der Waals surface area contributed by atoms with Crippen molar-refractivity contribution in [3.05, 3.63) is 23.8 Å². The van der Waals surface area contributed by atoms with Gasteiger partial charge in [-0.05, 0) is 36.5 Å². The van der Waals surface area contributed by atoms with E-state index in [0.29, 0.717) is 17.4 Å². The van der Waals surface area contributed by atoms with Crippen molar-refractivity contribution in [3.63, 3.8) is 0 Å². The summed E-state index contributed by atoms with van der Waals surface area (Å²) in [5.74, 6) is 0.906. The van der Waals surface area contributed by atoms with E-state index in [1.165, 1.54) is 37.7 Å². The first-order valence-electron chi connectivity index (χ1n) is 5.35. The van der Waals surface area contributed by atoms with Crippen molar-refractivity contribution in [3.8, 4) is 5.75 Å². The Labute approximate surface area is 84.7 Å². The van der Waals surface area contributed by atoms with Crippen LogP contribution in [-0.4, -0.2) is 5.11 Å². The number of aromatic hydroxyl groups is 1. The fourth-order valence-corrected chi connectivity index (χ4v) is 2.33. The fourth-order valence-electron chi connectivity index (χ4n) is 2.33. The molecule has 0 radical (unpaired) electrons. The van der Waals surface area contributed by atoms with Gasteiger partial charge in [0.2, 0.25) is 0 Å². The largest absolute Gasteiger partial charge is 0.508 e. The van der Waals surface area contributed by atoms with Crippen molar-refractivity contribution >= 4 is 5.69 Å². The van der Waals surface area contributed by atoms with Crippen LogP contribution in [0.15, 0.2) is 18.2 Å². The maximum absolute atomic E-state index is 9.44. The van der Waals surface area contributed by atoms with Crippen molar-refractivity contribution in [2.45, 2.75) is 38.0 Å². The lowest BCUT2D eigenvalue weighted by Gasteiger charge is -2.22. The summed E-state index contributed by atoms with van der Waals surface area (Å²) in [5, 5.41) is 9.44. The van der Waals surface area contributed by atoms with Crippen LogP contribution in [0, 0.1) is 0 Å². The first-order chi connectivity index (χ1) is 6.75. The van der Waals surface area contributed by atoms with E-state index in [1.54, 1.807) is 6.07 Å². The zero-order valence-electron chi connectivity index (χ0n) is 8.37. The predicted octanol–water partition coefficient (Wildman–Crippen LogP) is 3.02. The maximum Gasteiger partial charge on any atom is 0.117 e. The lowest BCUT2D eigenvalue weighted by Crippen LogP contribution is -2.04. The van der Waals surface area contributed by atoms with Crippen molar-refractivity contribution in [2.24, 2.45) is 0 Å². The van der Waals surface area contributed by atoms with Gasteiger partial charge < -0.3 is 10.8 Å². The number of hydrogen-bond donors (Lipinski definition) is 2. The second-order valence-corrected chi connectivity index (χ2v) is 4.19. The molecule has 14 heavy (non-hydrogen) atoms.